The fourth-order valence-electron chi connectivity index (χ4n) is 2.22. The monoisotopic (exact) mass is 319 g/mol. The van der Waals surface area contributed by atoms with E-state index in [0.29, 0.717) is 0 Å². The third kappa shape index (κ3) is 4.48. The van der Waals surface area contributed by atoms with Gasteiger partial charge in [0.25, 0.3) is 0 Å². The van der Waals surface area contributed by atoms with Gasteiger partial charge in [0.2, 0.25) is 0 Å². The Morgan fingerprint density at radius 2 is 1.80 bits per heavy atom. The van der Waals surface area contributed by atoms with Crippen molar-refractivity contribution in [1.82, 2.24) is 4.90 Å². The quantitative estimate of drug-likeness (QED) is 0.790. The van der Waals surface area contributed by atoms with Crippen molar-refractivity contribution < 1.29 is 14.3 Å². The zero-order chi connectivity index (χ0) is 15.6. The lowest BCUT2D eigenvalue weighted by molar-refractivity contribution is -0.146. The number of rotatable bonds is 5. The second-order valence-corrected chi connectivity index (χ2v) is 13.0. The van der Waals surface area contributed by atoms with E-state index in [-0.39, 0.29) is 11.1 Å². The van der Waals surface area contributed by atoms with Crippen LogP contribution in [0.5, 0.6) is 0 Å². The van der Waals surface area contributed by atoms with Gasteiger partial charge in [-0.25, -0.2) is 0 Å². The number of aliphatic carboxylic acids is 1. The minimum absolute atomic E-state index is 0.0993. The van der Waals surface area contributed by atoms with Gasteiger partial charge in [0.15, 0.2) is 8.32 Å². The molecule has 0 aromatic rings. The van der Waals surface area contributed by atoms with Crippen molar-refractivity contribution in [2.24, 2.45) is 0 Å². The number of carboxylic acids is 1. The van der Waals surface area contributed by atoms with Crippen LogP contribution in [0.25, 0.3) is 0 Å². The largest absolute Gasteiger partial charge is 0.480 e. The van der Waals surface area contributed by atoms with Crippen LogP contribution in [0, 0.1) is 0 Å². The van der Waals surface area contributed by atoms with Crippen LogP contribution in [0.4, 0.5) is 0 Å². The van der Waals surface area contributed by atoms with Crippen LogP contribution >= 0.6 is 11.8 Å². The van der Waals surface area contributed by atoms with Crippen LogP contribution in [0.1, 0.15) is 27.7 Å². The van der Waals surface area contributed by atoms with Crippen LogP contribution in [-0.2, 0) is 9.22 Å². The van der Waals surface area contributed by atoms with E-state index in [9.17, 15) is 9.90 Å². The summed E-state index contributed by atoms with van der Waals surface area (Å²) in [4.78, 5) is 13.7. The van der Waals surface area contributed by atoms with E-state index in [0.717, 1.165) is 24.6 Å². The molecule has 0 aromatic carbocycles. The van der Waals surface area contributed by atoms with E-state index < -0.39 is 20.3 Å². The highest BCUT2D eigenvalue weighted by atomic mass is 32.2. The Labute approximate surface area is 128 Å². The van der Waals surface area contributed by atoms with Gasteiger partial charge in [-0.1, -0.05) is 20.8 Å². The maximum atomic E-state index is 11.7. The number of thioether (sulfide) groups is 1. The molecule has 0 spiro atoms. The average molecular weight is 320 g/mol. The molecule has 0 aliphatic carbocycles. The van der Waals surface area contributed by atoms with Crippen molar-refractivity contribution >= 4 is 26.0 Å². The summed E-state index contributed by atoms with van der Waals surface area (Å²) in [6, 6.07) is -0.523. The molecule has 1 rings (SSSR count). The van der Waals surface area contributed by atoms with Gasteiger partial charge in [-0.3, -0.25) is 9.69 Å². The highest BCUT2D eigenvalue weighted by Crippen LogP contribution is 2.38. The van der Waals surface area contributed by atoms with Gasteiger partial charge < -0.3 is 9.53 Å². The van der Waals surface area contributed by atoms with E-state index in [2.05, 4.69) is 38.8 Å². The molecular weight excluding hydrogens is 290 g/mol. The van der Waals surface area contributed by atoms with Crippen molar-refractivity contribution in [3.8, 4) is 0 Å². The predicted molar refractivity (Wildman–Crippen MR) is 88.1 cm³/mol. The van der Waals surface area contributed by atoms with Crippen LogP contribution in [-0.4, -0.2) is 61.0 Å². The second-order valence-electron chi connectivity index (χ2n) is 7.01. The molecule has 0 unspecified atom stereocenters. The van der Waals surface area contributed by atoms with E-state index in [1.165, 1.54) is 0 Å². The number of nitrogens with zero attached hydrogens (tertiary/aromatic N) is 1. The predicted octanol–water partition coefficient (Wildman–Crippen LogP) is 2.90. The summed E-state index contributed by atoms with van der Waals surface area (Å²) in [6.07, 6.45) is -0.267. The summed E-state index contributed by atoms with van der Waals surface area (Å²) in [6.45, 7) is 14.5. The van der Waals surface area contributed by atoms with Gasteiger partial charge in [0, 0.05) is 24.6 Å². The third-order valence-electron chi connectivity index (χ3n) is 4.42. The maximum absolute atomic E-state index is 11.7. The number of carbonyl (C=O) groups is 1. The molecule has 1 saturated heterocycles. The summed E-state index contributed by atoms with van der Waals surface area (Å²) in [5, 5.41) is 9.68. The molecule has 1 heterocycles. The van der Waals surface area contributed by atoms with Gasteiger partial charge in [-0.2, -0.15) is 11.8 Å². The molecule has 1 fully saturated rings. The summed E-state index contributed by atoms with van der Waals surface area (Å²) in [5.41, 5.74) is 0. The lowest BCUT2D eigenvalue weighted by Gasteiger charge is -2.42. The highest BCUT2D eigenvalue weighted by molar-refractivity contribution is 7.99. The minimum atomic E-state index is -1.94. The van der Waals surface area contributed by atoms with Gasteiger partial charge >= 0.3 is 5.97 Å². The minimum Gasteiger partial charge on any atom is -0.480 e. The number of hydrogen-bond acceptors (Lipinski definition) is 4. The lowest BCUT2D eigenvalue weighted by atomic mass is 10.1. The Morgan fingerprint density at radius 1 is 1.30 bits per heavy atom. The SMILES string of the molecule is C[C@@H](O[Si](C)(C)C(C)(C)C)[C@@H](C(=O)O)N1CCSCC1. The Kier molecular flexibility index (Phi) is 6.13. The third-order valence-corrected chi connectivity index (χ3v) is 9.94. The van der Waals surface area contributed by atoms with Crippen LogP contribution in [0.15, 0.2) is 0 Å². The van der Waals surface area contributed by atoms with Crippen molar-refractivity contribution in [2.45, 2.75) is 58.0 Å². The molecule has 0 bridgehead atoms. The molecule has 0 aromatic heterocycles. The van der Waals surface area contributed by atoms with E-state index in [1.54, 1.807) is 0 Å². The molecule has 1 aliphatic rings. The first kappa shape index (κ1) is 18.0. The first-order chi connectivity index (χ1) is 9.06. The molecule has 1 aliphatic heterocycles. The molecule has 6 heteroatoms. The standard InChI is InChI=1S/C14H29NO3SSi/c1-11(18-20(5,6)14(2,3)4)12(13(16)17)15-7-9-19-10-8-15/h11-12H,7-10H2,1-6H3,(H,16,17)/t11-,12+/m1/s1. The fraction of sp³-hybridized carbons (Fsp3) is 0.929. The van der Waals surface area contributed by atoms with E-state index in [1.807, 2.05) is 18.7 Å². The van der Waals surface area contributed by atoms with E-state index >= 15 is 0 Å². The number of carboxylic acid groups (broad SMARTS) is 1. The summed E-state index contributed by atoms with van der Waals surface area (Å²) in [5.74, 6) is 1.26. The zero-order valence-electron chi connectivity index (χ0n) is 13.6. The highest BCUT2D eigenvalue weighted by Gasteiger charge is 2.42. The van der Waals surface area contributed by atoms with Gasteiger partial charge in [-0.15, -0.1) is 0 Å². The van der Waals surface area contributed by atoms with Crippen LogP contribution in [0.3, 0.4) is 0 Å². The molecule has 0 amide bonds. The molecule has 118 valence electrons. The van der Waals surface area contributed by atoms with Gasteiger partial charge in [0.05, 0.1) is 6.10 Å². The Balaban J connectivity index is 2.79. The number of hydrogen-bond donors (Lipinski definition) is 1. The van der Waals surface area contributed by atoms with Crippen molar-refractivity contribution in [3.05, 3.63) is 0 Å². The van der Waals surface area contributed by atoms with Crippen LogP contribution in [0.2, 0.25) is 18.1 Å². The smallest absolute Gasteiger partial charge is 0.323 e. The van der Waals surface area contributed by atoms with Gasteiger partial charge in [0.1, 0.15) is 6.04 Å². The second kappa shape index (κ2) is 6.81. The summed E-state index contributed by atoms with van der Waals surface area (Å²) in [7, 11) is -1.94. The van der Waals surface area contributed by atoms with E-state index in [4.69, 9.17) is 4.43 Å². The van der Waals surface area contributed by atoms with Gasteiger partial charge in [-0.05, 0) is 25.1 Å². The van der Waals surface area contributed by atoms with Crippen molar-refractivity contribution in [2.75, 3.05) is 24.6 Å². The Morgan fingerprint density at radius 3 is 2.20 bits per heavy atom. The van der Waals surface area contributed by atoms with Crippen molar-refractivity contribution in [1.29, 1.82) is 0 Å². The lowest BCUT2D eigenvalue weighted by Crippen LogP contribution is -2.55. The fourth-order valence-corrected chi connectivity index (χ4v) is 4.56. The first-order valence-electron chi connectivity index (χ1n) is 7.28. The first-order valence-corrected chi connectivity index (χ1v) is 11.3. The molecule has 0 saturated carbocycles. The van der Waals surface area contributed by atoms with Crippen LogP contribution < -0.4 is 0 Å². The molecule has 1 N–H and O–H groups in total. The Bertz CT molecular complexity index is 338. The zero-order valence-corrected chi connectivity index (χ0v) is 15.4. The molecular formula is C14H29NO3SSi. The van der Waals surface area contributed by atoms with Crippen molar-refractivity contribution in [3.63, 3.8) is 0 Å². The molecule has 20 heavy (non-hydrogen) atoms. The molecule has 4 nitrogen and oxygen atoms in total. The normalized spacial score (nSPS) is 21.5. The Hall–Kier alpha value is -0.0431. The topological polar surface area (TPSA) is 49.8 Å². The average Bonchev–Trinajstić information content (AvgIpc) is 2.27. The summed E-state index contributed by atoms with van der Waals surface area (Å²) < 4.78 is 6.29. The molecule has 0 radical (unpaired) electrons. The summed E-state index contributed by atoms with van der Waals surface area (Å²) >= 11 is 1.89. The maximum Gasteiger partial charge on any atom is 0.323 e. The molecule has 2 atom stereocenters.